The summed E-state index contributed by atoms with van der Waals surface area (Å²) in [5, 5.41) is 6.52. The zero-order valence-corrected chi connectivity index (χ0v) is 14.7. The van der Waals surface area contributed by atoms with Gasteiger partial charge >= 0.3 is 0 Å². The highest BCUT2D eigenvalue weighted by molar-refractivity contribution is 5.85. The number of ether oxygens (including phenoxy) is 1. The summed E-state index contributed by atoms with van der Waals surface area (Å²) in [6, 6.07) is 0.571. The molecule has 0 bridgehead atoms. The van der Waals surface area contributed by atoms with Crippen LogP contribution in [0, 0.1) is 5.92 Å². The van der Waals surface area contributed by atoms with Crippen LogP contribution < -0.4 is 10.6 Å². The second kappa shape index (κ2) is 9.93. The summed E-state index contributed by atoms with van der Waals surface area (Å²) in [6.07, 6.45) is 5.60. The minimum atomic E-state index is 0. The molecule has 5 nitrogen and oxygen atoms in total. The molecule has 3 fully saturated rings. The second-order valence-corrected chi connectivity index (χ2v) is 6.52. The molecule has 2 saturated heterocycles. The quantitative estimate of drug-likeness (QED) is 0.779. The van der Waals surface area contributed by atoms with Crippen LogP contribution in [0.1, 0.15) is 32.1 Å². The van der Waals surface area contributed by atoms with Gasteiger partial charge in [0.25, 0.3) is 0 Å². The number of hydrogen-bond donors (Lipinski definition) is 2. The third kappa shape index (κ3) is 6.59. The highest BCUT2D eigenvalue weighted by Gasteiger charge is 2.27. The third-order valence-corrected chi connectivity index (χ3v) is 4.60. The number of nitrogens with one attached hydrogen (secondary N) is 2. The number of halogens is 2. The monoisotopic (exact) mass is 353 g/mol. The lowest BCUT2D eigenvalue weighted by Crippen LogP contribution is -2.48. The number of likely N-dealkylation sites (tertiary alicyclic amines) is 1. The maximum Gasteiger partial charge on any atom is 0.221 e. The molecule has 1 aliphatic carbocycles. The van der Waals surface area contributed by atoms with E-state index in [4.69, 9.17) is 4.74 Å². The van der Waals surface area contributed by atoms with E-state index in [0.717, 1.165) is 45.0 Å². The maximum absolute atomic E-state index is 12.0. The molecule has 130 valence electrons. The standard InChI is InChI=1S/C15H27N3O2.2ClH/c19-15(9-14-11-20-8-5-16-14)17-13-3-6-18(7-4-13)10-12-1-2-12;;/h12-14,16H,1-11H2,(H,17,19);2*1H. The summed E-state index contributed by atoms with van der Waals surface area (Å²) in [5.41, 5.74) is 0. The number of hydrogen-bond acceptors (Lipinski definition) is 4. The van der Waals surface area contributed by atoms with Crippen LogP contribution in [0.4, 0.5) is 0 Å². The molecule has 7 heteroatoms. The highest BCUT2D eigenvalue weighted by atomic mass is 35.5. The van der Waals surface area contributed by atoms with Crippen molar-refractivity contribution >= 4 is 30.7 Å². The van der Waals surface area contributed by atoms with Crippen molar-refractivity contribution in [3.8, 4) is 0 Å². The van der Waals surface area contributed by atoms with Gasteiger partial charge in [-0.1, -0.05) is 0 Å². The molecule has 0 radical (unpaired) electrons. The Hall–Kier alpha value is -0.0700. The Morgan fingerprint density at radius 1 is 1.18 bits per heavy atom. The van der Waals surface area contributed by atoms with Gasteiger partial charge in [0.05, 0.1) is 13.2 Å². The van der Waals surface area contributed by atoms with Gasteiger partial charge in [-0.3, -0.25) is 4.79 Å². The van der Waals surface area contributed by atoms with Crippen molar-refractivity contribution in [2.45, 2.75) is 44.2 Å². The van der Waals surface area contributed by atoms with Crippen molar-refractivity contribution in [1.29, 1.82) is 0 Å². The van der Waals surface area contributed by atoms with Crippen molar-refractivity contribution in [2.24, 2.45) is 5.92 Å². The summed E-state index contributed by atoms with van der Waals surface area (Å²) < 4.78 is 5.38. The van der Waals surface area contributed by atoms with Crippen molar-refractivity contribution in [3.05, 3.63) is 0 Å². The smallest absolute Gasteiger partial charge is 0.221 e. The summed E-state index contributed by atoms with van der Waals surface area (Å²) in [6.45, 7) is 5.85. The van der Waals surface area contributed by atoms with Gasteiger partial charge in [0.15, 0.2) is 0 Å². The molecule has 2 aliphatic heterocycles. The van der Waals surface area contributed by atoms with Crippen LogP contribution in [0.2, 0.25) is 0 Å². The fourth-order valence-electron chi connectivity index (χ4n) is 3.19. The van der Waals surface area contributed by atoms with Crippen molar-refractivity contribution in [3.63, 3.8) is 0 Å². The average molecular weight is 354 g/mol. The molecule has 0 aromatic carbocycles. The lowest BCUT2D eigenvalue weighted by atomic mass is 10.0. The second-order valence-electron chi connectivity index (χ2n) is 6.52. The maximum atomic E-state index is 12.0. The highest BCUT2D eigenvalue weighted by Crippen LogP contribution is 2.30. The molecule has 3 aliphatic rings. The normalized spacial score (nSPS) is 26.6. The molecule has 2 N–H and O–H groups in total. The molecule has 0 aromatic heterocycles. The summed E-state index contributed by atoms with van der Waals surface area (Å²) in [5.74, 6) is 1.15. The molecular weight excluding hydrogens is 325 g/mol. The number of rotatable bonds is 5. The van der Waals surface area contributed by atoms with Crippen LogP contribution in [0.15, 0.2) is 0 Å². The van der Waals surface area contributed by atoms with E-state index in [9.17, 15) is 4.79 Å². The van der Waals surface area contributed by atoms with Crippen molar-refractivity contribution in [2.75, 3.05) is 39.4 Å². The minimum absolute atomic E-state index is 0. The van der Waals surface area contributed by atoms with Crippen molar-refractivity contribution < 1.29 is 9.53 Å². The van der Waals surface area contributed by atoms with Crippen LogP contribution >= 0.6 is 24.8 Å². The van der Waals surface area contributed by atoms with E-state index in [1.165, 1.54) is 19.4 Å². The van der Waals surface area contributed by atoms with Gasteiger partial charge in [0.2, 0.25) is 5.91 Å². The van der Waals surface area contributed by atoms with E-state index >= 15 is 0 Å². The zero-order chi connectivity index (χ0) is 13.8. The Bertz CT molecular complexity index is 329. The van der Waals surface area contributed by atoms with Gasteiger partial charge in [-0.25, -0.2) is 0 Å². The van der Waals surface area contributed by atoms with Gasteiger partial charge in [-0.05, 0) is 31.6 Å². The first-order valence-electron chi connectivity index (χ1n) is 8.12. The topological polar surface area (TPSA) is 53.6 Å². The van der Waals surface area contributed by atoms with Gasteiger partial charge in [-0.15, -0.1) is 24.8 Å². The molecule has 2 heterocycles. The Kier molecular flexibility index (Phi) is 9.02. The molecule has 1 unspecified atom stereocenters. The average Bonchev–Trinajstić information content (AvgIpc) is 3.26. The van der Waals surface area contributed by atoms with E-state index in [-0.39, 0.29) is 36.8 Å². The van der Waals surface area contributed by atoms with E-state index in [1.807, 2.05) is 0 Å². The zero-order valence-electron chi connectivity index (χ0n) is 13.1. The molecule has 3 rings (SSSR count). The van der Waals surface area contributed by atoms with Gasteiger partial charge in [-0.2, -0.15) is 0 Å². The van der Waals surface area contributed by atoms with Crippen molar-refractivity contribution in [1.82, 2.24) is 15.5 Å². The number of piperidine rings is 1. The molecule has 1 amide bonds. The number of nitrogens with zero attached hydrogens (tertiary/aromatic N) is 1. The first-order valence-corrected chi connectivity index (χ1v) is 8.12. The van der Waals surface area contributed by atoms with Crippen LogP contribution in [0.3, 0.4) is 0 Å². The molecule has 1 atom stereocenters. The largest absolute Gasteiger partial charge is 0.378 e. The van der Waals surface area contributed by atoms with E-state index < -0.39 is 0 Å². The molecule has 0 spiro atoms. The number of amides is 1. The number of morpholine rings is 1. The number of carbonyl (C=O) groups excluding carboxylic acids is 1. The third-order valence-electron chi connectivity index (χ3n) is 4.60. The van der Waals surface area contributed by atoms with Crippen LogP contribution in [0.25, 0.3) is 0 Å². The minimum Gasteiger partial charge on any atom is -0.378 e. The Morgan fingerprint density at radius 2 is 1.91 bits per heavy atom. The van der Waals surface area contributed by atoms with Gasteiger partial charge < -0.3 is 20.3 Å². The molecule has 22 heavy (non-hydrogen) atoms. The Morgan fingerprint density at radius 3 is 2.50 bits per heavy atom. The molecular formula is C15H29Cl2N3O2. The first-order chi connectivity index (χ1) is 9.79. The van der Waals surface area contributed by atoms with E-state index in [2.05, 4.69) is 15.5 Å². The summed E-state index contributed by atoms with van der Waals surface area (Å²) >= 11 is 0. The SMILES string of the molecule is Cl.Cl.O=C(CC1COCCN1)NC1CCN(CC2CC2)CC1. The van der Waals surface area contributed by atoms with E-state index in [1.54, 1.807) is 0 Å². The van der Waals surface area contributed by atoms with Crippen LogP contribution in [-0.4, -0.2) is 62.3 Å². The number of carbonyl (C=O) groups is 1. The predicted molar refractivity (Wildman–Crippen MR) is 92.1 cm³/mol. The fraction of sp³-hybridized carbons (Fsp3) is 0.933. The molecule has 1 saturated carbocycles. The Balaban J connectivity index is 0.00000121. The Labute approximate surface area is 145 Å². The van der Waals surface area contributed by atoms with Gasteiger partial charge in [0, 0.05) is 44.7 Å². The van der Waals surface area contributed by atoms with Gasteiger partial charge in [0.1, 0.15) is 0 Å². The predicted octanol–water partition coefficient (Wildman–Crippen LogP) is 1.20. The summed E-state index contributed by atoms with van der Waals surface area (Å²) in [7, 11) is 0. The van der Waals surface area contributed by atoms with E-state index in [0.29, 0.717) is 19.1 Å². The van der Waals surface area contributed by atoms with Crippen LogP contribution in [-0.2, 0) is 9.53 Å². The van der Waals surface area contributed by atoms with Crippen LogP contribution in [0.5, 0.6) is 0 Å². The summed E-state index contributed by atoms with van der Waals surface area (Å²) in [4.78, 5) is 14.6. The lowest BCUT2D eigenvalue weighted by Gasteiger charge is -2.32. The first kappa shape index (κ1) is 20.0. The molecule has 0 aromatic rings. The fourth-order valence-corrected chi connectivity index (χ4v) is 3.19. The lowest BCUT2D eigenvalue weighted by molar-refractivity contribution is -0.123.